The minimum absolute atomic E-state index is 0.210. The second-order valence-electron chi connectivity index (χ2n) is 4.31. The molecule has 2 aromatic carbocycles. The lowest BCUT2D eigenvalue weighted by Crippen LogP contribution is -2.04. The Bertz CT molecular complexity index is 473. The molecule has 0 bridgehead atoms. The summed E-state index contributed by atoms with van der Waals surface area (Å²) in [4.78, 5) is 12.0. The van der Waals surface area contributed by atoms with Gasteiger partial charge < -0.3 is 0 Å². The molecule has 0 amide bonds. The molecule has 0 aliphatic heterocycles. The van der Waals surface area contributed by atoms with Crippen molar-refractivity contribution in [2.75, 3.05) is 0 Å². The summed E-state index contributed by atoms with van der Waals surface area (Å²) < 4.78 is 0. The molecule has 86 valence electrons. The van der Waals surface area contributed by atoms with E-state index in [0.717, 1.165) is 5.56 Å². The molecule has 1 atom stereocenters. The number of rotatable bonds is 4. The number of ketones is 1. The number of carbonyl (C=O) groups excluding carboxylic acids is 1. The molecule has 0 aliphatic rings. The van der Waals surface area contributed by atoms with E-state index in [-0.39, 0.29) is 11.7 Å². The quantitative estimate of drug-likeness (QED) is 0.716. The minimum atomic E-state index is 0.210. The zero-order chi connectivity index (χ0) is 12.1. The standard InChI is InChI=1S/C16H16O/c1-13(14-8-4-2-5-9-14)12-16(17)15-10-6-3-7-11-15/h2-11,13H,12H2,1H3. The van der Waals surface area contributed by atoms with Crippen LogP contribution in [0.15, 0.2) is 60.7 Å². The van der Waals surface area contributed by atoms with Gasteiger partial charge in [-0.1, -0.05) is 67.6 Å². The van der Waals surface area contributed by atoms with Crippen LogP contribution in [0.5, 0.6) is 0 Å². The Balaban J connectivity index is 2.05. The van der Waals surface area contributed by atoms with Gasteiger partial charge in [-0.05, 0) is 11.5 Å². The van der Waals surface area contributed by atoms with Gasteiger partial charge in [0.2, 0.25) is 0 Å². The molecule has 2 rings (SSSR count). The Labute approximate surface area is 102 Å². The van der Waals surface area contributed by atoms with Gasteiger partial charge >= 0.3 is 0 Å². The molecule has 0 N–H and O–H groups in total. The first-order valence-corrected chi connectivity index (χ1v) is 5.90. The minimum Gasteiger partial charge on any atom is -0.294 e. The van der Waals surface area contributed by atoms with Crippen molar-refractivity contribution in [3.05, 3.63) is 71.8 Å². The van der Waals surface area contributed by atoms with Gasteiger partial charge in [0, 0.05) is 12.0 Å². The zero-order valence-corrected chi connectivity index (χ0v) is 9.97. The highest BCUT2D eigenvalue weighted by atomic mass is 16.1. The van der Waals surface area contributed by atoms with Gasteiger partial charge in [0.15, 0.2) is 5.78 Å². The molecule has 0 saturated carbocycles. The van der Waals surface area contributed by atoms with Crippen molar-refractivity contribution in [2.24, 2.45) is 0 Å². The molecule has 1 unspecified atom stereocenters. The Morgan fingerprint density at radius 3 is 2.06 bits per heavy atom. The number of carbonyl (C=O) groups is 1. The highest BCUT2D eigenvalue weighted by Crippen LogP contribution is 2.20. The molecule has 1 nitrogen and oxygen atoms in total. The lowest BCUT2D eigenvalue weighted by molar-refractivity contribution is 0.0975. The van der Waals surface area contributed by atoms with Crippen LogP contribution in [0.4, 0.5) is 0 Å². The second-order valence-corrected chi connectivity index (χ2v) is 4.31. The van der Waals surface area contributed by atoms with Crippen molar-refractivity contribution in [2.45, 2.75) is 19.3 Å². The van der Waals surface area contributed by atoms with Crippen LogP contribution in [0.1, 0.15) is 35.2 Å². The first-order chi connectivity index (χ1) is 8.27. The van der Waals surface area contributed by atoms with Gasteiger partial charge in [0.25, 0.3) is 0 Å². The topological polar surface area (TPSA) is 17.1 Å². The van der Waals surface area contributed by atoms with Crippen molar-refractivity contribution in [3.63, 3.8) is 0 Å². The average molecular weight is 224 g/mol. The van der Waals surface area contributed by atoms with E-state index in [0.29, 0.717) is 6.42 Å². The van der Waals surface area contributed by atoms with E-state index in [9.17, 15) is 4.79 Å². The molecule has 0 aliphatic carbocycles. The number of hydrogen-bond donors (Lipinski definition) is 0. The fourth-order valence-corrected chi connectivity index (χ4v) is 1.92. The average Bonchev–Trinajstić information content (AvgIpc) is 2.40. The number of hydrogen-bond acceptors (Lipinski definition) is 1. The molecule has 0 radical (unpaired) electrons. The van der Waals surface area contributed by atoms with Gasteiger partial charge in [-0.15, -0.1) is 0 Å². The van der Waals surface area contributed by atoms with Crippen molar-refractivity contribution in [3.8, 4) is 0 Å². The maximum Gasteiger partial charge on any atom is 0.163 e. The molecular formula is C16H16O. The summed E-state index contributed by atoms with van der Waals surface area (Å²) >= 11 is 0. The molecule has 2 aromatic rings. The van der Waals surface area contributed by atoms with Gasteiger partial charge in [-0.2, -0.15) is 0 Å². The molecule has 0 saturated heterocycles. The van der Waals surface area contributed by atoms with Gasteiger partial charge in [-0.25, -0.2) is 0 Å². The summed E-state index contributed by atoms with van der Waals surface area (Å²) in [5.41, 5.74) is 2.02. The molecule has 0 heterocycles. The van der Waals surface area contributed by atoms with Crippen molar-refractivity contribution in [1.29, 1.82) is 0 Å². The van der Waals surface area contributed by atoms with Crippen molar-refractivity contribution >= 4 is 5.78 Å². The maximum absolute atomic E-state index is 12.0. The van der Waals surface area contributed by atoms with Gasteiger partial charge in [0.1, 0.15) is 0 Å². The smallest absolute Gasteiger partial charge is 0.163 e. The summed E-state index contributed by atoms with van der Waals surface area (Å²) in [6, 6.07) is 19.6. The fraction of sp³-hybridized carbons (Fsp3) is 0.188. The highest BCUT2D eigenvalue weighted by Gasteiger charge is 2.12. The van der Waals surface area contributed by atoms with E-state index in [1.54, 1.807) is 0 Å². The third kappa shape index (κ3) is 3.04. The first-order valence-electron chi connectivity index (χ1n) is 5.90. The molecule has 0 fully saturated rings. The summed E-state index contributed by atoms with van der Waals surface area (Å²) in [5, 5.41) is 0. The highest BCUT2D eigenvalue weighted by molar-refractivity contribution is 5.96. The summed E-state index contributed by atoms with van der Waals surface area (Å²) in [6.45, 7) is 2.09. The predicted molar refractivity (Wildman–Crippen MR) is 70.2 cm³/mol. The van der Waals surface area contributed by atoms with E-state index >= 15 is 0 Å². The Hall–Kier alpha value is -1.89. The number of benzene rings is 2. The van der Waals surface area contributed by atoms with Crippen LogP contribution in [0, 0.1) is 0 Å². The number of Topliss-reactive ketones (excluding diaryl/α,β-unsaturated/α-hetero) is 1. The Morgan fingerprint density at radius 2 is 1.47 bits per heavy atom. The molecule has 0 spiro atoms. The fourth-order valence-electron chi connectivity index (χ4n) is 1.92. The SMILES string of the molecule is CC(CC(=O)c1ccccc1)c1ccccc1. The summed E-state index contributed by atoms with van der Waals surface area (Å²) in [6.07, 6.45) is 0.564. The lowest BCUT2D eigenvalue weighted by Gasteiger charge is -2.10. The van der Waals surface area contributed by atoms with E-state index in [2.05, 4.69) is 19.1 Å². The van der Waals surface area contributed by atoms with Crippen LogP contribution in [-0.2, 0) is 0 Å². The third-order valence-electron chi connectivity index (χ3n) is 2.96. The van der Waals surface area contributed by atoms with E-state index in [1.165, 1.54) is 5.56 Å². The van der Waals surface area contributed by atoms with Crippen LogP contribution in [0.2, 0.25) is 0 Å². The van der Waals surface area contributed by atoms with Crippen LogP contribution in [-0.4, -0.2) is 5.78 Å². The normalized spacial score (nSPS) is 12.1. The van der Waals surface area contributed by atoms with E-state index < -0.39 is 0 Å². The zero-order valence-electron chi connectivity index (χ0n) is 9.97. The summed E-state index contributed by atoms with van der Waals surface area (Å²) in [5.74, 6) is 0.478. The van der Waals surface area contributed by atoms with Gasteiger partial charge in [0.05, 0.1) is 0 Å². The summed E-state index contributed by atoms with van der Waals surface area (Å²) in [7, 11) is 0. The Morgan fingerprint density at radius 1 is 0.941 bits per heavy atom. The Kier molecular flexibility index (Phi) is 3.71. The lowest BCUT2D eigenvalue weighted by atomic mass is 9.93. The predicted octanol–water partition coefficient (Wildman–Crippen LogP) is 4.06. The first kappa shape index (κ1) is 11.6. The van der Waals surface area contributed by atoms with Crippen LogP contribution in [0.25, 0.3) is 0 Å². The maximum atomic E-state index is 12.0. The monoisotopic (exact) mass is 224 g/mol. The van der Waals surface area contributed by atoms with Crippen LogP contribution < -0.4 is 0 Å². The van der Waals surface area contributed by atoms with Crippen LogP contribution >= 0.6 is 0 Å². The second kappa shape index (κ2) is 5.44. The van der Waals surface area contributed by atoms with Crippen LogP contribution in [0.3, 0.4) is 0 Å². The molecule has 17 heavy (non-hydrogen) atoms. The van der Waals surface area contributed by atoms with Crippen molar-refractivity contribution in [1.82, 2.24) is 0 Å². The van der Waals surface area contributed by atoms with Crippen molar-refractivity contribution < 1.29 is 4.79 Å². The molecule has 0 aromatic heterocycles. The van der Waals surface area contributed by atoms with E-state index in [4.69, 9.17) is 0 Å². The molecular weight excluding hydrogens is 208 g/mol. The van der Waals surface area contributed by atoms with Gasteiger partial charge in [-0.3, -0.25) is 4.79 Å². The third-order valence-corrected chi connectivity index (χ3v) is 2.96. The largest absolute Gasteiger partial charge is 0.294 e. The van der Waals surface area contributed by atoms with E-state index in [1.807, 2.05) is 48.5 Å². The molecule has 1 heteroatoms.